The van der Waals surface area contributed by atoms with Crippen molar-refractivity contribution in [3.8, 4) is 0 Å². The number of benzene rings is 1. The maximum Gasteiger partial charge on any atom is 0.260 e. The zero-order valence-electron chi connectivity index (χ0n) is 10.6. The van der Waals surface area contributed by atoms with Crippen LogP contribution in [0.1, 0.15) is 17.3 Å². The Balaban J connectivity index is 2.24. The van der Waals surface area contributed by atoms with E-state index in [4.69, 9.17) is 10.5 Å². The lowest BCUT2D eigenvalue weighted by molar-refractivity contribution is -0.0627. The van der Waals surface area contributed by atoms with Crippen LogP contribution >= 0.6 is 0 Å². The number of hydrogen-bond donors (Lipinski definition) is 1. The first-order chi connectivity index (χ1) is 9.02. The van der Waals surface area contributed by atoms with Crippen LogP contribution in [-0.2, 0) is 4.74 Å². The zero-order valence-corrected chi connectivity index (χ0v) is 10.6. The Labute approximate surface area is 110 Å². The predicted molar refractivity (Wildman–Crippen MR) is 65.7 cm³/mol. The lowest BCUT2D eigenvalue weighted by Gasteiger charge is -2.36. The highest BCUT2D eigenvalue weighted by atomic mass is 19.1. The van der Waals surface area contributed by atoms with Crippen LogP contribution < -0.4 is 5.73 Å². The van der Waals surface area contributed by atoms with Crippen molar-refractivity contribution in [1.29, 1.82) is 0 Å². The van der Waals surface area contributed by atoms with Gasteiger partial charge in [0.2, 0.25) is 0 Å². The number of ether oxygens (including phenoxy) is 1. The van der Waals surface area contributed by atoms with Gasteiger partial charge in [-0.3, -0.25) is 4.79 Å². The number of carbonyl (C=O) groups is 1. The molecule has 0 aliphatic carbocycles. The maximum absolute atomic E-state index is 13.6. The Morgan fingerprint density at radius 2 is 2.05 bits per heavy atom. The van der Waals surface area contributed by atoms with E-state index in [1.807, 2.05) is 0 Å². The van der Waals surface area contributed by atoms with E-state index in [0.29, 0.717) is 6.54 Å². The third-order valence-corrected chi connectivity index (χ3v) is 3.05. The normalized spacial score (nSPS) is 23.5. The van der Waals surface area contributed by atoms with E-state index in [2.05, 4.69) is 0 Å². The van der Waals surface area contributed by atoms with Gasteiger partial charge in [-0.2, -0.15) is 0 Å². The minimum atomic E-state index is -0.853. The van der Waals surface area contributed by atoms with Gasteiger partial charge >= 0.3 is 0 Å². The molecule has 2 unspecified atom stereocenters. The van der Waals surface area contributed by atoms with Gasteiger partial charge in [0.15, 0.2) is 0 Å². The second kappa shape index (κ2) is 5.63. The lowest BCUT2D eigenvalue weighted by Crippen LogP contribution is -2.51. The third-order valence-electron chi connectivity index (χ3n) is 3.05. The van der Waals surface area contributed by atoms with Gasteiger partial charge in [-0.05, 0) is 19.1 Å². The molecule has 0 radical (unpaired) electrons. The van der Waals surface area contributed by atoms with E-state index in [1.165, 1.54) is 11.0 Å². The molecule has 0 aromatic heterocycles. The first-order valence-electron chi connectivity index (χ1n) is 6.11. The molecular weight excluding hydrogens is 254 g/mol. The van der Waals surface area contributed by atoms with Gasteiger partial charge in [-0.1, -0.05) is 6.07 Å². The molecule has 0 spiro atoms. The van der Waals surface area contributed by atoms with E-state index < -0.39 is 23.1 Å². The van der Waals surface area contributed by atoms with E-state index in [1.54, 1.807) is 6.92 Å². The molecule has 1 fully saturated rings. The zero-order chi connectivity index (χ0) is 14.0. The second-order valence-electron chi connectivity index (χ2n) is 4.61. The number of morpholine rings is 1. The number of nitrogens with two attached hydrogens (primary N) is 1. The lowest BCUT2D eigenvalue weighted by atomic mass is 10.1. The molecule has 19 heavy (non-hydrogen) atoms. The SMILES string of the molecule is CC1CN(C(=O)c2c(F)cccc2F)CC(CN)O1. The highest BCUT2D eigenvalue weighted by Gasteiger charge is 2.30. The van der Waals surface area contributed by atoms with Crippen LogP contribution in [0.3, 0.4) is 0 Å². The van der Waals surface area contributed by atoms with Crippen molar-refractivity contribution >= 4 is 5.91 Å². The number of carbonyl (C=O) groups excluding carboxylic acids is 1. The molecule has 1 saturated heterocycles. The summed E-state index contributed by atoms with van der Waals surface area (Å²) in [7, 11) is 0. The number of rotatable bonds is 2. The monoisotopic (exact) mass is 270 g/mol. The topological polar surface area (TPSA) is 55.6 Å². The standard InChI is InChI=1S/C13H16F2N2O2/c1-8-6-17(7-9(5-16)19-8)13(18)12-10(14)3-2-4-11(12)15/h2-4,8-9H,5-7,16H2,1H3. The summed E-state index contributed by atoms with van der Waals surface area (Å²) in [6, 6.07) is 3.37. The molecule has 2 rings (SSSR count). The largest absolute Gasteiger partial charge is 0.370 e. The van der Waals surface area contributed by atoms with Gasteiger partial charge in [0.1, 0.15) is 17.2 Å². The molecule has 1 amide bonds. The van der Waals surface area contributed by atoms with E-state index in [-0.39, 0.29) is 25.3 Å². The number of amides is 1. The molecule has 2 N–H and O–H groups in total. The second-order valence-corrected chi connectivity index (χ2v) is 4.61. The summed E-state index contributed by atoms with van der Waals surface area (Å²) in [5.74, 6) is -2.37. The van der Waals surface area contributed by atoms with Crippen molar-refractivity contribution < 1.29 is 18.3 Å². The van der Waals surface area contributed by atoms with Crippen LogP contribution in [0.5, 0.6) is 0 Å². The van der Waals surface area contributed by atoms with Crippen LogP contribution in [0.2, 0.25) is 0 Å². The Hall–Kier alpha value is -1.53. The average molecular weight is 270 g/mol. The number of halogens is 2. The Morgan fingerprint density at radius 3 is 2.63 bits per heavy atom. The van der Waals surface area contributed by atoms with Gasteiger partial charge in [0.25, 0.3) is 5.91 Å². The predicted octanol–water partition coefficient (Wildman–Crippen LogP) is 1.15. The summed E-state index contributed by atoms with van der Waals surface area (Å²) in [4.78, 5) is 13.6. The Bertz CT molecular complexity index is 461. The molecule has 1 aromatic rings. The molecule has 0 bridgehead atoms. The molecule has 1 aromatic carbocycles. The van der Waals surface area contributed by atoms with Crippen LogP contribution in [0.25, 0.3) is 0 Å². The number of hydrogen-bond acceptors (Lipinski definition) is 3. The van der Waals surface area contributed by atoms with Gasteiger partial charge in [-0.15, -0.1) is 0 Å². The fourth-order valence-corrected chi connectivity index (χ4v) is 2.20. The van der Waals surface area contributed by atoms with Crippen molar-refractivity contribution in [2.45, 2.75) is 19.1 Å². The maximum atomic E-state index is 13.6. The highest BCUT2D eigenvalue weighted by Crippen LogP contribution is 2.18. The van der Waals surface area contributed by atoms with Crippen molar-refractivity contribution in [2.75, 3.05) is 19.6 Å². The molecular formula is C13H16F2N2O2. The Morgan fingerprint density at radius 1 is 1.42 bits per heavy atom. The molecule has 1 aliphatic rings. The highest BCUT2D eigenvalue weighted by molar-refractivity contribution is 5.94. The minimum Gasteiger partial charge on any atom is -0.370 e. The van der Waals surface area contributed by atoms with Crippen molar-refractivity contribution in [3.63, 3.8) is 0 Å². The molecule has 1 heterocycles. The fraction of sp³-hybridized carbons (Fsp3) is 0.462. The summed E-state index contributed by atoms with van der Waals surface area (Å²) < 4.78 is 32.7. The molecule has 104 valence electrons. The van der Waals surface area contributed by atoms with Crippen LogP contribution in [-0.4, -0.2) is 42.6 Å². The van der Waals surface area contributed by atoms with E-state index >= 15 is 0 Å². The smallest absolute Gasteiger partial charge is 0.260 e. The van der Waals surface area contributed by atoms with Crippen LogP contribution in [0, 0.1) is 11.6 Å². The van der Waals surface area contributed by atoms with Gasteiger partial charge in [-0.25, -0.2) is 8.78 Å². The van der Waals surface area contributed by atoms with E-state index in [0.717, 1.165) is 12.1 Å². The van der Waals surface area contributed by atoms with Crippen molar-refractivity contribution in [1.82, 2.24) is 4.90 Å². The third kappa shape index (κ3) is 2.90. The van der Waals surface area contributed by atoms with E-state index in [9.17, 15) is 13.6 Å². The molecule has 0 saturated carbocycles. The van der Waals surface area contributed by atoms with Crippen LogP contribution in [0.4, 0.5) is 8.78 Å². The summed E-state index contributed by atoms with van der Waals surface area (Å²) in [5, 5.41) is 0. The van der Waals surface area contributed by atoms with Gasteiger partial charge in [0, 0.05) is 19.6 Å². The summed E-state index contributed by atoms with van der Waals surface area (Å²) in [5.41, 5.74) is 4.99. The summed E-state index contributed by atoms with van der Waals surface area (Å²) in [6.07, 6.45) is -0.511. The van der Waals surface area contributed by atoms with Crippen molar-refractivity contribution in [3.05, 3.63) is 35.4 Å². The molecule has 4 nitrogen and oxygen atoms in total. The molecule has 6 heteroatoms. The molecule has 2 atom stereocenters. The van der Waals surface area contributed by atoms with Crippen LogP contribution in [0.15, 0.2) is 18.2 Å². The molecule has 1 aliphatic heterocycles. The Kier molecular flexibility index (Phi) is 4.11. The summed E-state index contributed by atoms with van der Waals surface area (Å²) in [6.45, 7) is 2.59. The van der Waals surface area contributed by atoms with Gasteiger partial charge in [0.05, 0.1) is 12.2 Å². The fourth-order valence-electron chi connectivity index (χ4n) is 2.20. The number of nitrogens with zero attached hydrogens (tertiary/aromatic N) is 1. The minimum absolute atomic E-state index is 0.207. The quantitative estimate of drug-likeness (QED) is 0.877. The first kappa shape index (κ1) is 13.9. The first-order valence-corrected chi connectivity index (χ1v) is 6.11. The average Bonchev–Trinajstić information content (AvgIpc) is 2.37. The van der Waals surface area contributed by atoms with Gasteiger partial charge < -0.3 is 15.4 Å². The van der Waals surface area contributed by atoms with Crippen molar-refractivity contribution in [2.24, 2.45) is 5.73 Å². The summed E-state index contributed by atoms with van der Waals surface area (Å²) >= 11 is 0.